The average Bonchev–Trinajstić information content (AvgIpc) is 2.35. The molecule has 0 radical (unpaired) electrons. The van der Waals surface area contributed by atoms with E-state index in [-0.39, 0.29) is 11.3 Å². The van der Waals surface area contributed by atoms with Crippen LogP contribution in [-0.4, -0.2) is 15.1 Å². The Morgan fingerprint density at radius 1 is 1.44 bits per heavy atom. The molecule has 2 N–H and O–H groups in total. The van der Waals surface area contributed by atoms with Gasteiger partial charge in [-0.15, -0.1) is 0 Å². The summed E-state index contributed by atoms with van der Waals surface area (Å²) in [6.45, 7) is 2.05. The molecule has 0 bridgehead atoms. The minimum atomic E-state index is -0.132. The van der Waals surface area contributed by atoms with Crippen LogP contribution in [0, 0.1) is 3.57 Å². The summed E-state index contributed by atoms with van der Waals surface area (Å²) in [6, 6.07) is 6.70. The van der Waals surface area contributed by atoms with E-state index in [1.54, 1.807) is 24.3 Å². The standard InChI is InChI=1S/C13H13IN2O2/c1-2-4-10-11(14)13(18)16-12(15-10)8-5-3-6-9(17)7-8/h3,5-7,17H,2,4H2,1H3,(H,15,16,18). The highest BCUT2D eigenvalue weighted by Gasteiger charge is 2.09. The van der Waals surface area contributed by atoms with E-state index in [9.17, 15) is 9.90 Å². The molecule has 4 nitrogen and oxygen atoms in total. The van der Waals surface area contributed by atoms with Gasteiger partial charge in [-0.25, -0.2) is 4.98 Å². The van der Waals surface area contributed by atoms with Crippen molar-refractivity contribution in [2.75, 3.05) is 0 Å². The minimum absolute atomic E-state index is 0.132. The summed E-state index contributed by atoms with van der Waals surface area (Å²) in [7, 11) is 0. The molecule has 0 atom stereocenters. The molecule has 0 unspecified atom stereocenters. The quantitative estimate of drug-likeness (QED) is 0.832. The lowest BCUT2D eigenvalue weighted by Crippen LogP contribution is -2.16. The molecule has 0 aliphatic carbocycles. The van der Waals surface area contributed by atoms with Gasteiger partial charge in [-0.05, 0) is 41.1 Å². The van der Waals surface area contributed by atoms with Crippen LogP contribution in [0.3, 0.4) is 0 Å². The van der Waals surface area contributed by atoms with E-state index < -0.39 is 0 Å². The van der Waals surface area contributed by atoms with Crippen molar-refractivity contribution in [3.63, 3.8) is 0 Å². The molecule has 0 aliphatic rings. The normalized spacial score (nSPS) is 10.6. The summed E-state index contributed by atoms with van der Waals surface area (Å²) < 4.78 is 0.637. The number of aromatic hydroxyl groups is 1. The number of H-pyrrole nitrogens is 1. The smallest absolute Gasteiger partial charge is 0.264 e. The third-order valence-corrected chi connectivity index (χ3v) is 3.65. The van der Waals surface area contributed by atoms with Crippen LogP contribution in [0.4, 0.5) is 0 Å². The zero-order chi connectivity index (χ0) is 13.1. The minimum Gasteiger partial charge on any atom is -0.508 e. The van der Waals surface area contributed by atoms with Crippen molar-refractivity contribution in [3.8, 4) is 17.1 Å². The topological polar surface area (TPSA) is 66.0 Å². The van der Waals surface area contributed by atoms with Crippen LogP contribution in [0.15, 0.2) is 29.1 Å². The van der Waals surface area contributed by atoms with Gasteiger partial charge < -0.3 is 10.1 Å². The predicted octanol–water partition coefficient (Wildman–Crippen LogP) is 2.70. The lowest BCUT2D eigenvalue weighted by molar-refractivity contribution is 0.475. The van der Waals surface area contributed by atoms with Gasteiger partial charge >= 0.3 is 0 Å². The van der Waals surface area contributed by atoms with E-state index in [0.717, 1.165) is 18.5 Å². The summed E-state index contributed by atoms with van der Waals surface area (Å²) in [5.74, 6) is 0.658. The van der Waals surface area contributed by atoms with E-state index in [1.807, 2.05) is 29.5 Å². The number of rotatable bonds is 3. The Labute approximate surface area is 118 Å². The van der Waals surface area contributed by atoms with Gasteiger partial charge in [-0.2, -0.15) is 0 Å². The molecule has 0 saturated heterocycles. The molecule has 0 saturated carbocycles. The SMILES string of the molecule is CCCc1nc(-c2cccc(O)c2)[nH]c(=O)c1I. The molecule has 18 heavy (non-hydrogen) atoms. The maximum absolute atomic E-state index is 11.8. The molecule has 94 valence electrons. The summed E-state index contributed by atoms with van der Waals surface area (Å²) in [5, 5.41) is 9.45. The van der Waals surface area contributed by atoms with Crippen LogP contribution in [0.1, 0.15) is 19.0 Å². The third-order valence-electron chi connectivity index (χ3n) is 2.54. The van der Waals surface area contributed by atoms with Crippen LogP contribution >= 0.6 is 22.6 Å². The Hall–Kier alpha value is -1.37. The van der Waals surface area contributed by atoms with Gasteiger partial charge in [0.2, 0.25) is 0 Å². The molecule has 0 amide bonds. The zero-order valence-electron chi connectivity index (χ0n) is 9.90. The van der Waals surface area contributed by atoms with Gasteiger partial charge in [0, 0.05) is 5.56 Å². The van der Waals surface area contributed by atoms with Gasteiger partial charge in [0.25, 0.3) is 5.56 Å². The first kappa shape index (κ1) is 13.1. The maximum Gasteiger partial charge on any atom is 0.264 e. The number of phenolic OH excluding ortho intramolecular Hbond substituents is 1. The summed E-state index contributed by atoms with van der Waals surface area (Å²) >= 11 is 2.02. The second kappa shape index (κ2) is 5.51. The first-order valence-corrected chi connectivity index (χ1v) is 6.77. The highest BCUT2D eigenvalue weighted by molar-refractivity contribution is 14.1. The average molecular weight is 356 g/mol. The first-order valence-electron chi connectivity index (χ1n) is 5.70. The number of nitrogens with one attached hydrogen (secondary N) is 1. The maximum atomic E-state index is 11.8. The first-order chi connectivity index (χ1) is 8.61. The van der Waals surface area contributed by atoms with Crippen molar-refractivity contribution < 1.29 is 5.11 Å². The van der Waals surface area contributed by atoms with Crippen molar-refractivity contribution in [1.82, 2.24) is 9.97 Å². The number of hydrogen-bond acceptors (Lipinski definition) is 3. The highest BCUT2D eigenvalue weighted by atomic mass is 127. The molecule has 5 heteroatoms. The Bertz CT molecular complexity index is 623. The fourth-order valence-electron chi connectivity index (χ4n) is 1.70. The second-order valence-electron chi connectivity index (χ2n) is 3.98. The Morgan fingerprint density at radius 2 is 2.22 bits per heavy atom. The van der Waals surface area contributed by atoms with Crippen LogP contribution in [0.2, 0.25) is 0 Å². The lowest BCUT2D eigenvalue weighted by Gasteiger charge is -2.06. The highest BCUT2D eigenvalue weighted by Crippen LogP contribution is 2.20. The number of hydrogen-bond donors (Lipinski definition) is 2. The number of benzene rings is 1. The number of phenols is 1. The summed E-state index contributed by atoms with van der Waals surface area (Å²) in [4.78, 5) is 19.0. The number of aromatic nitrogens is 2. The van der Waals surface area contributed by atoms with Gasteiger partial charge in [-0.3, -0.25) is 4.79 Å². The number of halogens is 1. The van der Waals surface area contributed by atoms with Gasteiger partial charge in [0.05, 0.1) is 9.26 Å². The van der Waals surface area contributed by atoms with Gasteiger partial charge in [0.1, 0.15) is 11.6 Å². The summed E-state index contributed by atoms with van der Waals surface area (Å²) in [6.07, 6.45) is 1.71. The second-order valence-corrected chi connectivity index (χ2v) is 5.05. The summed E-state index contributed by atoms with van der Waals surface area (Å²) in [5.41, 5.74) is 1.38. The monoisotopic (exact) mass is 356 g/mol. The van der Waals surface area contributed by atoms with Crippen molar-refractivity contribution in [2.45, 2.75) is 19.8 Å². The fraction of sp³-hybridized carbons (Fsp3) is 0.231. The number of aromatic amines is 1. The molecule has 1 aromatic heterocycles. The number of nitrogens with zero attached hydrogens (tertiary/aromatic N) is 1. The molecule has 2 rings (SSSR count). The van der Waals surface area contributed by atoms with E-state index >= 15 is 0 Å². The van der Waals surface area contributed by atoms with E-state index in [4.69, 9.17) is 0 Å². The van der Waals surface area contributed by atoms with Crippen LogP contribution in [0.25, 0.3) is 11.4 Å². The number of aryl methyl sites for hydroxylation is 1. The molecular weight excluding hydrogens is 343 g/mol. The van der Waals surface area contributed by atoms with Crippen LogP contribution < -0.4 is 5.56 Å². The lowest BCUT2D eigenvalue weighted by atomic mass is 10.2. The molecule has 0 spiro atoms. The molecule has 2 aromatic rings. The van der Waals surface area contributed by atoms with Crippen molar-refractivity contribution in [1.29, 1.82) is 0 Å². The van der Waals surface area contributed by atoms with Crippen molar-refractivity contribution in [3.05, 3.63) is 43.9 Å². The Balaban J connectivity index is 2.55. The largest absolute Gasteiger partial charge is 0.508 e. The Kier molecular flexibility index (Phi) is 4.00. The zero-order valence-corrected chi connectivity index (χ0v) is 12.1. The third kappa shape index (κ3) is 2.72. The van der Waals surface area contributed by atoms with Crippen LogP contribution in [0.5, 0.6) is 5.75 Å². The van der Waals surface area contributed by atoms with Crippen molar-refractivity contribution >= 4 is 22.6 Å². The molecule has 1 heterocycles. The molecular formula is C13H13IN2O2. The van der Waals surface area contributed by atoms with E-state index in [0.29, 0.717) is 15.0 Å². The fourth-order valence-corrected chi connectivity index (χ4v) is 2.22. The molecule has 0 fully saturated rings. The van der Waals surface area contributed by atoms with Gasteiger partial charge in [-0.1, -0.05) is 25.5 Å². The predicted molar refractivity (Wildman–Crippen MR) is 78.7 cm³/mol. The van der Waals surface area contributed by atoms with Crippen LogP contribution in [-0.2, 0) is 6.42 Å². The molecule has 1 aromatic carbocycles. The van der Waals surface area contributed by atoms with E-state index in [2.05, 4.69) is 9.97 Å². The van der Waals surface area contributed by atoms with E-state index in [1.165, 1.54) is 0 Å². The van der Waals surface area contributed by atoms with Gasteiger partial charge in [0.15, 0.2) is 0 Å². The Morgan fingerprint density at radius 3 is 2.89 bits per heavy atom. The molecule has 0 aliphatic heterocycles. The van der Waals surface area contributed by atoms with Crippen molar-refractivity contribution in [2.24, 2.45) is 0 Å².